The molecule has 0 spiro atoms. The number of sulfonamides is 1. The first-order chi connectivity index (χ1) is 15.1. The van der Waals surface area contributed by atoms with Crippen LogP contribution in [0.3, 0.4) is 0 Å². The van der Waals surface area contributed by atoms with Gasteiger partial charge in [-0.1, -0.05) is 41.9 Å². The number of benzene rings is 3. The Morgan fingerprint density at radius 1 is 1.03 bits per heavy atom. The van der Waals surface area contributed by atoms with Gasteiger partial charge >= 0.3 is 0 Å². The van der Waals surface area contributed by atoms with Gasteiger partial charge in [-0.2, -0.15) is 0 Å². The fourth-order valence-corrected chi connectivity index (χ4v) is 4.56. The van der Waals surface area contributed by atoms with Crippen molar-refractivity contribution in [3.05, 3.63) is 93.0 Å². The molecule has 0 saturated heterocycles. The summed E-state index contributed by atoms with van der Waals surface area (Å²) in [6, 6.07) is 16.5. The number of halogens is 1. The average molecular weight is 474 g/mol. The van der Waals surface area contributed by atoms with E-state index in [9.17, 15) is 23.3 Å². The van der Waals surface area contributed by atoms with Gasteiger partial charge in [-0.15, -0.1) is 0 Å². The molecule has 3 aromatic rings. The molecule has 0 bridgehead atoms. The van der Waals surface area contributed by atoms with Gasteiger partial charge in [-0.05, 0) is 49.2 Å². The van der Waals surface area contributed by atoms with E-state index in [1.165, 1.54) is 36.4 Å². The number of carbonyl (C=O) groups is 1. The third-order valence-electron chi connectivity index (χ3n) is 4.77. The third-order valence-corrected chi connectivity index (χ3v) is 6.96. The van der Waals surface area contributed by atoms with Crippen molar-refractivity contribution in [3.63, 3.8) is 0 Å². The zero-order valence-corrected chi connectivity index (χ0v) is 18.9. The van der Waals surface area contributed by atoms with Crippen LogP contribution in [0.1, 0.15) is 11.1 Å². The minimum absolute atomic E-state index is 0.0102. The number of nitrogens with zero attached hydrogens (tertiary/aromatic N) is 2. The van der Waals surface area contributed by atoms with Gasteiger partial charge < -0.3 is 5.32 Å². The molecular weight excluding hydrogens is 454 g/mol. The lowest BCUT2D eigenvalue weighted by molar-refractivity contribution is -0.384. The molecule has 3 aromatic carbocycles. The van der Waals surface area contributed by atoms with Crippen LogP contribution in [0.15, 0.2) is 71.6 Å². The second-order valence-corrected chi connectivity index (χ2v) is 9.33. The molecule has 0 aliphatic rings. The summed E-state index contributed by atoms with van der Waals surface area (Å²) in [5.74, 6) is -0.662. The number of amides is 1. The molecule has 1 N–H and O–H groups in total. The molecule has 32 heavy (non-hydrogen) atoms. The predicted molar refractivity (Wildman–Crippen MR) is 124 cm³/mol. The molecular formula is C22H20ClN3O5S. The zero-order chi connectivity index (χ0) is 23.5. The van der Waals surface area contributed by atoms with Gasteiger partial charge in [0.05, 0.1) is 21.2 Å². The standard InChI is InChI=1S/C22H20ClN3O5S/c1-15-8-10-17(12-20(15)23)25(32(30,31)19-6-4-3-5-7-19)14-22(27)24-21-13-18(26(28)29)11-9-16(21)2/h3-13H,14H2,1-2H3,(H,24,27). The van der Waals surface area contributed by atoms with Crippen LogP contribution in [0, 0.1) is 24.0 Å². The summed E-state index contributed by atoms with van der Waals surface area (Å²) in [7, 11) is -4.10. The minimum atomic E-state index is -4.10. The molecule has 0 atom stereocenters. The molecule has 166 valence electrons. The Balaban J connectivity index is 1.98. The minimum Gasteiger partial charge on any atom is -0.324 e. The first-order valence-electron chi connectivity index (χ1n) is 9.48. The highest BCUT2D eigenvalue weighted by molar-refractivity contribution is 7.92. The van der Waals surface area contributed by atoms with Gasteiger partial charge in [0.25, 0.3) is 15.7 Å². The Labute approximate surface area is 190 Å². The number of non-ortho nitro benzene ring substituents is 1. The van der Waals surface area contributed by atoms with E-state index in [0.717, 1.165) is 9.87 Å². The Morgan fingerprint density at radius 3 is 2.31 bits per heavy atom. The van der Waals surface area contributed by atoms with Crippen LogP contribution < -0.4 is 9.62 Å². The fraction of sp³-hybridized carbons (Fsp3) is 0.136. The number of nitro benzene ring substituents is 1. The molecule has 0 aliphatic heterocycles. The quantitative estimate of drug-likeness (QED) is 0.395. The van der Waals surface area contributed by atoms with Crippen molar-refractivity contribution in [2.75, 3.05) is 16.2 Å². The maximum atomic E-state index is 13.3. The second kappa shape index (κ2) is 9.37. The Morgan fingerprint density at radius 2 is 1.69 bits per heavy atom. The Kier molecular flexibility index (Phi) is 6.81. The topological polar surface area (TPSA) is 110 Å². The molecule has 0 heterocycles. The number of carbonyl (C=O) groups excluding carboxylic acids is 1. The van der Waals surface area contributed by atoms with Gasteiger partial charge in [0, 0.05) is 17.2 Å². The molecule has 0 aliphatic carbocycles. The van der Waals surface area contributed by atoms with Crippen molar-refractivity contribution in [1.29, 1.82) is 0 Å². The van der Waals surface area contributed by atoms with Crippen molar-refractivity contribution in [1.82, 2.24) is 0 Å². The highest BCUT2D eigenvalue weighted by atomic mass is 35.5. The Hall–Kier alpha value is -3.43. The maximum Gasteiger partial charge on any atom is 0.271 e. The lowest BCUT2D eigenvalue weighted by Gasteiger charge is -2.24. The second-order valence-electron chi connectivity index (χ2n) is 7.06. The van der Waals surface area contributed by atoms with Gasteiger partial charge in [0.15, 0.2) is 0 Å². The van der Waals surface area contributed by atoms with Gasteiger partial charge in [-0.25, -0.2) is 8.42 Å². The van der Waals surface area contributed by atoms with Gasteiger partial charge in [-0.3, -0.25) is 19.2 Å². The number of aryl methyl sites for hydroxylation is 2. The van der Waals surface area contributed by atoms with Crippen LogP contribution in [0.5, 0.6) is 0 Å². The lowest BCUT2D eigenvalue weighted by atomic mass is 10.2. The van der Waals surface area contributed by atoms with Crippen molar-refractivity contribution in [3.8, 4) is 0 Å². The van der Waals surface area contributed by atoms with E-state index in [-0.39, 0.29) is 22.0 Å². The van der Waals surface area contributed by atoms with E-state index in [1.54, 1.807) is 44.2 Å². The van der Waals surface area contributed by atoms with Crippen LogP contribution in [0.2, 0.25) is 5.02 Å². The van der Waals surface area contributed by atoms with E-state index in [2.05, 4.69) is 5.32 Å². The summed E-state index contributed by atoms with van der Waals surface area (Å²) in [6.07, 6.45) is 0. The number of hydrogen-bond donors (Lipinski definition) is 1. The van der Waals surface area contributed by atoms with Crippen LogP contribution >= 0.6 is 11.6 Å². The fourth-order valence-electron chi connectivity index (χ4n) is 2.95. The first-order valence-corrected chi connectivity index (χ1v) is 11.3. The summed E-state index contributed by atoms with van der Waals surface area (Å²) < 4.78 is 27.6. The monoisotopic (exact) mass is 473 g/mol. The molecule has 1 amide bonds. The van der Waals surface area contributed by atoms with E-state index in [1.807, 2.05) is 0 Å². The molecule has 0 fully saturated rings. The normalized spacial score (nSPS) is 11.1. The average Bonchev–Trinajstić information content (AvgIpc) is 2.76. The molecule has 0 unspecified atom stereocenters. The van der Waals surface area contributed by atoms with Crippen LogP contribution in [-0.2, 0) is 14.8 Å². The molecule has 8 nitrogen and oxygen atoms in total. The summed E-state index contributed by atoms with van der Waals surface area (Å²) in [5, 5.41) is 14.0. The molecule has 0 aromatic heterocycles. The number of anilines is 2. The molecule has 0 radical (unpaired) electrons. The summed E-state index contributed by atoms with van der Waals surface area (Å²) in [6.45, 7) is 2.90. The largest absolute Gasteiger partial charge is 0.324 e. The number of hydrogen-bond acceptors (Lipinski definition) is 5. The maximum absolute atomic E-state index is 13.3. The van der Waals surface area contributed by atoms with E-state index < -0.39 is 27.4 Å². The van der Waals surface area contributed by atoms with Gasteiger partial charge in [0.2, 0.25) is 5.91 Å². The highest BCUT2D eigenvalue weighted by Gasteiger charge is 2.28. The van der Waals surface area contributed by atoms with Crippen molar-refractivity contribution >= 4 is 44.6 Å². The van der Waals surface area contributed by atoms with Crippen LogP contribution in [0.25, 0.3) is 0 Å². The van der Waals surface area contributed by atoms with E-state index >= 15 is 0 Å². The number of rotatable bonds is 7. The van der Waals surface area contributed by atoms with Gasteiger partial charge in [0.1, 0.15) is 6.54 Å². The first kappa shape index (κ1) is 23.2. The predicted octanol–water partition coefficient (Wildman–Crippen LogP) is 4.70. The van der Waals surface area contributed by atoms with Crippen molar-refractivity contribution in [2.45, 2.75) is 18.7 Å². The smallest absolute Gasteiger partial charge is 0.271 e. The number of nitro groups is 1. The SMILES string of the molecule is Cc1ccc(N(CC(=O)Nc2cc([N+](=O)[O-])ccc2C)S(=O)(=O)c2ccccc2)cc1Cl. The summed E-state index contributed by atoms with van der Waals surface area (Å²) in [4.78, 5) is 23.3. The van der Waals surface area contributed by atoms with Crippen molar-refractivity contribution < 1.29 is 18.1 Å². The molecule has 0 saturated carbocycles. The Bertz CT molecular complexity index is 1280. The van der Waals surface area contributed by atoms with E-state index in [4.69, 9.17) is 11.6 Å². The number of nitrogens with one attached hydrogen (secondary N) is 1. The third kappa shape index (κ3) is 5.06. The molecule has 3 rings (SSSR count). The van der Waals surface area contributed by atoms with Crippen molar-refractivity contribution in [2.24, 2.45) is 0 Å². The van der Waals surface area contributed by atoms with E-state index in [0.29, 0.717) is 10.6 Å². The molecule has 10 heteroatoms. The summed E-state index contributed by atoms with van der Waals surface area (Å²) in [5.41, 5.74) is 1.60. The van der Waals surface area contributed by atoms with Crippen LogP contribution in [-0.4, -0.2) is 25.8 Å². The summed E-state index contributed by atoms with van der Waals surface area (Å²) >= 11 is 6.20. The van der Waals surface area contributed by atoms with Crippen LogP contribution in [0.4, 0.5) is 17.1 Å². The highest BCUT2D eigenvalue weighted by Crippen LogP contribution is 2.28. The lowest BCUT2D eigenvalue weighted by Crippen LogP contribution is -2.38. The zero-order valence-electron chi connectivity index (χ0n) is 17.3.